The van der Waals surface area contributed by atoms with Crippen molar-refractivity contribution >= 4 is 17.3 Å². The summed E-state index contributed by atoms with van der Waals surface area (Å²) in [6.07, 6.45) is 0. The van der Waals surface area contributed by atoms with E-state index in [0.717, 1.165) is 0 Å². The molecule has 7 nitrogen and oxygen atoms in total. The first-order valence-electron chi connectivity index (χ1n) is 8.19. The Hall–Kier alpha value is -3.87. The van der Waals surface area contributed by atoms with Crippen LogP contribution < -0.4 is 16.2 Å². The van der Waals surface area contributed by atoms with Crippen LogP contribution in [0.2, 0.25) is 0 Å². The number of hydrogen-bond acceptors (Lipinski definition) is 7. The summed E-state index contributed by atoms with van der Waals surface area (Å²) in [6.45, 7) is 0. The summed E-state index contributed by atoms with van der Waals surface area (Å²) >= 11 is 0. The topological polar surface area (TPSA) is 128 Å². The van der Waals surface area contributed by atoms with Crippen molar-refractivity contribution in [2.45, 2.75) is 5.60 Å². The van der Waals surface area contributed by atoms with Gasteiger partial charge in [0.1, 0.15) is 23.0 Å². The van der Waals surface area contributed by atoms with Crippen molar-refractivity contribution in [3.05, 3.63) is 70.8 Å². The Balaban J connectivity index is 1.96. The maximum absolute atomic E-state index is 12.7. The molecule has 27 heavy (non-hydrogen) atoms. The normalized spacial score (nSPS) is 19.0. The van der Waals surface area contributed by atoms with E-state index in [-0.39, 0.29) is 34.4 Å². The lowest BCUT2D eigenvalue weighted by Crippen LogP contribution is -2.34. The van der Waals surface area contributed by atoms with Gasteiger partial charge in [0.25, 0.3) is 0 Å². The number of anilines is 2. The van der Waals surface area contributed by atoms with E-state index < -0.39 is 11.6 Å². The number of nitrogen functional groups attached to an aromatic ring is 2. The molecule has 2 heterocycles. The zero-order chi connectivity index (χ0) is 18.9. The number of carbonyl (C=O) groups is 1. The van der Waals surface area contributed by atoms with Crippen LogP contribution >= 0.6 is 0 Å². The lowest BCUT2D eigenvalue weighted by atomic mass is 9.76. The van der Waals surface area contributed by atoms with Gasteiger partial charge >= 0.3 is 5.97 Å². The highest BCUT2D eigenvalue weighted by Crippen LogP contribution is 2.59. The van der Waals surface area contributed by atoms with Gasteiger partial charge in [0.15, 0.2) is 5.60 Å². The summed E-state index contributed by atoms with van der Waals surface area (Å²) in [7, 11) is 0. The van der Waals surface area contributed by atoms with Crippen molar-refractivity contribution < 1.29 is 24.5 Å². The van der Waals surface area contributed by atoms with E-state index in [0.29, 0.717) is 22.3 Å². The van der Waals surface area contributed by atoms with Gasteiger partial charge in [-0.1, -0.05) is 18.2 Å². The quantitative estimate of drug-likeness (QED) is 0.275. The Morgan fingerprint density at radius 2 is 1.67 bits per heavy atom. The predicted molar refractivity (Wildman–Crippen MR) is 96.9 cm³/mol. The van der Waals surface area contributed by atoms with Crippen LogP contribution in [0.3, 0.4) is 0 Å². The third-order valence-corrected chi connectivity index (χ3v) is 5.04. The van der Waals surface area contributed by atoms with Gasteiger partial charge in [-0.15, -0.1) is 0 Å². The Labute approximate surface area is 153 Å². The summed E-state index contributed by atoms with van der Waals surface area (Å²) in [6, 6.07) is 12.8. The van der Waals surface area contributed by atoms with Gasteiger partial charge in [0.05, 0.1) is 22.5 Å². The molecule has 1 atom stereocenters. The fourth-order valence-corrected chi connectivity index (χ4v) is 3.87. The average Bonchev–Trinajstić information content (AvgIpc) is 2.93. The molecule has 134 valence electrons. The molecule has 0 aromatic heterocycles. The summed E-state index contributed by atoms with van der Waals surface area (Å²) in [5, 5.41) is 20.0. The number of fused-ring (bicyclic) bond motifs is 6. The smallest absolute Gasteiger partial charge is 0.340 e. The van der Waals surface area contributed by atoms with Crippen LogP contribution in [0.15, 0.2) is 48.5 Å². The molecule has 1 unspecified atom stereocenters. The molecule has 5 rings (SSSR count). The Morgan fingerprint density at radius 3 is 2.48 bits per heavy atom. The number of carbonyl (C=O) groups excluding carboxylic acids is 1. The van der Waals surface area contributed by atoms with Crippen molar-refractivity contribution in [2.24, 2.45) is 0 Å². The van der Waals surface area contributed by atoms with Crippen molar-refractivity contribution in [1.29, 1.82) is 0 Å². The largest absolute Gasteiger partial charge is 0.508 e. The summed E-state index contributed by atoms with van der Waals surface area (Å²) < 4.78 is 11.8. The molecule has 2 aliphatic heterocycles. The van der Waals surface area contributed by atoms with E-state index in [1.807, 2.05) is 0 Å². The number of phenolic OH excluding ortho intramolecular Hbond substituents is 2. The molecule has 0 saturated heterocycles. The van der Waals surface area contributed by atoms with E-state index in [1.54, 1.807) is 30.3 Å². The monoisotopic (exact) mass is 362 g/mol. The van der Waals surface area contributed by atoms with E-state index in [9.17, 15) is 15.0 Å². The van der Waals surface area contributed by atoms with Crippen molar-refractivity contribution in [3.63, 3.8) is 0 Å². The summed E-state index contributed by atoms with van der Waals surface area (Å²) in [5.41, 5.74) is 12.7. The molecule has 6 N–H and O–H groups in total. The molecule has 0 fully saturated rings. The number of esters is 1. The fraction of sp³-hybridized carbons (Fsp3) is 0.0500. The number of aromatic hydroxyl groups is 2. The van der Waals surface area contributed by atoms with Crippen molar-refractivity contribution in [1.82, 2.24) is 0 Å². The predicted octanol–water partition coefficient (Wildman–Crippen LogP) is 2.83. The maximum Gasteiger partial charge on any atom is 0.340 e. The molecule has 7 heteroatoms. The van der Waals surface area contributed by atoms with Gasteiger partial charge in [0, 0.05) is 23.3 Å². The number of rotatable bonds is 0. The van der Waals surface area contributed by atoms with Crippen LogP contribution in [0.1, 0.15) is 27.0 Å². The van der Waals surface area contributed by atoms with Gasteiger partial charge in [-0.05, 0) is 18.2 Å². The third kappa shape index (κ3) is 1.77. The molecule has 3 aromatic carbocycles. The molecule has 1 spiro atoms. The van der Waals surface area contributed by atoms with Crippen LogP contribution in [0.5, 0.6) is 23.0 Å². The number of ether oxygens (including phenoxy) is 2. The molecule has 0 amide bonds. The second-order valence-corrected chi connectivity index (χ2v) is 6.49. The molecular formula is C20H14N2O5. The first-order chi connectivity index (χ1) is 12.9. The molecule has 2 aliphatic rings. The molecular weight excluding hydrogens is 348 g/mol. The molecule has 0 aliphatic carbocycles. The lowest BCUT2D eigenvalue weighted by Gasteiger charge is -2.37. The lowest BCUT2D eigenvalue weighted by molar-refractivity contribution is 0.0227. The van der Waals surface area contributed by atoms with Crippen LogP contribution in [0, 0.1) is 0 Å². The van der Waals surface area contributed by atoms with Crippen LogP contribution in [-0.4, -0.2) is 16.2 Å². The highest BCUT2D eigenvalue weighted by atomic mass is 16.6. The highest BCUT2D eigenvalue weighted by Gasteiger charge is 2.55. The second-order valence-electron chi connectivity index (χ2n) is 6.49. The number of nitrogens with two attached hydrogens (primary N) is 2. The van der Waals surface area contributed by atoms with E-state index >= 15 is 0 Å². The number of benzene rings is 3. The molecule has 0 radical (unpaired) electrons. The zero-order valence-electron chi connectivity index (χ0n) is 13.9. The molecule has 0 saturated carbocycles. The zero-order valence-corrected chi connectivity index (χ0v) is 13.9. The van der Waals surface area contributed by atoms with Gasteiger partial charge < -0.3 is 31.2 Å². The van der Waals surface area contributed by atoms with Crippen molar-refractivity contribution in [3.8, 4) is 23.0 Å². The van der Waals surface area contributed by atoms with Gasteiger partial charge in [0.2, 0.25) is 0 Å². The Kier molecular flexibility index (Phi) is 2.77. The summed E-state index contributed by atoms with van der Waals surface area (Å²) in [5.74, 6) is -0.291. The second kappa shape index (κ2) is 4.85. The summed E-state index contributed by atoms with van der Waals surface area (Å²) in [4.78, 5) is 12.7. The first-order valence-corrected chi connectivity index (χ1v) is 8.19. The van der Waals surface area contributed by atoms with E-state index in [4.69, 9.17) is 20.9 Å². The number of hydrogen-bond donors (Lipinski definition) is 4. The Bertz CT molecular complexity index is 1160. The van der Waals surface area contributed by atoms with E-state index in [2.05, 4.69) is 0 Å². The SMILES string of the molecule is Nc1c(O)cc2c(c1N)C1(OC(=O)c3ccccc31)c1ccc(O)cc1O2. The van der Waals surface area contributed by atoms with Gasteiger partial charge in [-0.25, -0.2) is 4.79 Å². The minimum Gasteiger partial charge on any atom is -0.508 e. The minimum absolute atomic E-state index is 0.0161. The van der Waals surface area contributed by atoms with E-state index in [1.165, 1.54) is 18.2 Å². The third-order valence-electron chi connectivity index (χ3n) is 5.04. The number of phenols is 2. The highest BCUT2D eigenvalue weighted by molar-refractivity contribution is 5.98. The average molecular weight is 362 g/mol. The van der Waals surface area contributed by atoms with Crippen molar-refractivity contribution in [2.75, 3.05) is 11.5 Å². The van der Waals surface area contributed by atoms with Crippen LogP contribution in [0.25, 0.3) is 0 Å². The minimum atomic E-state index is -1.39. The maximum atomic E-state index is 12.7. The van der Waals surface area contributed by atoms with Crippen LogP contribution in [-0.2, 0) is 10.3 Å². The molecule has 0 bridgehead atoms. The standard InChI is InChI=1S/C20H14N2O5/c21-17-13(24)8-15-16(18(17)22)20(12-6-5-9(23)7-14(12)26-15)11-4-2-1-3-10(11)19(25)27-20/h1-8,23-24H,21-22H2. The van der Waals surface area contributed by atoms with Gasteiger partial charge in [-0.2, -0.15) is 0 Å². The first kappa shape index (κ1) is 15.4. The Morgan fingerprint density at radius 1 is 0.889 bits per heavy atom. The van der Waals surface area contributed by atoms with Gasteiger partial charge in [-0.3, -0.25) is 0 Å². The fourth-order valence-electron chi connectivity index (χ4n) is 3.87. The van der Waals surface area contributed by atoms with Crippen LogP contribution in [0.4, 0.5) is 11.4 Å². The molecule has 3 aromatic rings.